The molecule has 1 aromatic heterocycles. The van der Waals surface area contributed by atoms with Gasteiger partial charge in [-0.1, -0.05) is 60.7 Å². The second-order valence-corrected chi connectivity index (χ2v) is 6.45. The lowest BCUT2D eigenvalue weighted by Crippen LogP contribution is -2.44. The summed E-state index contributed by atoms with van der Waals surface area (Å²) < 4.78 is 0. The van der Waals surface area contributed by atoms with Gasteiger partial charge in [-0.25, -0.2) is 4.98 Å². The van der Waals surface area contributed by atoms with Crippen LogP contribution in [0.25, 0.3) is 22.5 Å². The fraction of sp³-hybridized carbons (Fsp3) is 0.238. The molecule has 4 nitrogen and oxygen atoms in total. The molecule has 0 radical (unpaired) electrons. The van der Waals surface area contributed by atoms with Gasteiger partial charge in [0.25, 0.3) is 0 Å². The summed E-state index contributed by atoms with van der Waals surface area (Å²) >= 11 is 0. The van der Waals surface area contributed by atoms with E-state index in [0.717, 1.165) is 54.5 Å². The Labute approximate surface area is 148 Å². The predicted octanol–water partition coefficient (Wildman–Crippen LogP) is 3.56. The average Bonchev–Trinajstić information content (AvgIpc) is 2.69. The van der Waals surface area contributed by atoms with Crippen LogP contribution in [0.3, 0.4) is 0 Å². The first-order valence-electron chi connectivity index (χ1n) is 8.72. The summed E-state index contributed by atoms with van der Waals surface area (Å²) in [6, 6.07) is 20.6. The minimum Gasteiger partial charge on any atom is -0.353 e. The van der Waals surface area contributed by atoms with Crippen molar-refractivity contribution in [3.8, 4) is 22.5 Å². The van der Waals surface area contributed by atoms with Gasteiger partial charge in [0, 0.05) is 37.3 Å². The highest BCUT2D eigenvalue weighted by Gasteiger charge is 2.18. The van der Waals surface area contributed by atoms with E-state index in [4.69, 9.17) is 9.97 Å². The third kappa shape index (κ3) is 3.39. The third-order valence-corrected chi connectivity index (χ3v) is 4.68. The summed E-state index contributed by atoms with van der Waals surface area (Å²) in [5.74, 6) is 0.964. The molecule has 0 saturated carbocycles. The molecule has 0 amide bonds. The van der Waals surface area contributed by atoms with Crippen molar-refractivity contribution in [2.24, 2.45) is 0 Å². The highest BCUT2D eigenvalue weighted by molar-refractivity contribution is 5.78. The Morgan fingerprint density at radius 2 is 1.28 bits per heavy atom. The Hall–Kier alpha value is -2.72. The Bertz CT molecular complexity index is 825. The van der Waals surface area contributed by atoms with E-state index in [1.54, 1.807) is 0 Å². The van der Waals surface area contributed by atoms with E-state index in [1.165, 1.54) is 0 Å². The van der Waals surface area contributed by atoms with Gasteiger partial charge in [0.2, 0.25) is 0 Å². The molecule has 4 rings (SSSR count). The number of likely N-dealkylation sites (N-methyl/N-ethyl adjacent to an activating group) is 1. The van der Waals surface area contributed by atoms with E-state index >= 15 is 0 Å². The molecule has 0 spiro atoms. The molecule has 0 N–H and O–H groups in total. The molecule has 1 saturated heterocycles. The van der Waals surface area contributed by atoms with E-state index in [-0.39, 0.29) is 0 Å². The van der Waals surface area contributed by atoms with Gasteiger partial charge in [-0.2, -0.15) is 0 Å². The average molecular weight is 330 g/mol. The van der Waals surface area contributed by atoms with Gasteiger partial charge >= 0.3 is 0 Å². The number of benzene rings is 2. The van der Waals surface area contributed by atoms with E-state index in [9.17, 15) is 0 Å². The summed E-state index contributed by atoms with van der Waals surface area (Å²) in [4.78, 5) is 14.5. The maximum Gasteiger partial charge on any atom is 0.147 e. The smallest absolute Gasteiger partial charge is 0.147 e. The Kier molecular flexibility index (Phi) is 4.44. The van der Waals surface area contributed by atoms with Crippen LogP contribution in [0.4, 0.5) is 5.82 Å². The molecule has 126 valence electrons. The van der Waals surface area contributed by atoms with Crippen molar-refractivity contribution in [2.45, 2.75) is 0 Å². The van der Waals surface area contributed by atoms with Crippen LogP contribution in [0.2, 0.25) is 0 Å². The predicted molar refractivity (Wildman–Crippen MR) is 103 cm³/mol. The molecule has 0 atom stereocenters. The zero-order chi connectivity index (χ0) is 17.1. The van der Waals surface area contributed by atoms with Crippen LogP contribution in [0, 0.1) is 0 Å². The van der Waals surface area contributed by atoms with E-state index in [0.29, 0.717) is 0 Å². The molecule has 1 aliphatic heterocycles. The molecule has 0 aliphatic carbocycles. The van der Waals surface area contributed by atoms with Gasteiger partial charge < -0.3 is 9.80 Å². The number of rotatable bonds is 3. The lowest BCUT2D eigenvalue weighted by molar-refractivity contribution is 0.312. The van der Waals surface area contributed by atoms with E-state index < -0.39 is 0 Å². The number of anilines is 1. The van der Waals surface area contributed by atoms with Crippen molar-refractivity contribution in [2.75, 3.05) is 38.1 Å². The van der Waals surface area contributed by atoms with Crippen LogP contribution < -0.4 is 4.90 Å². The SMILES string of the molecule is CN1CCN(c2cnc(-c3ccccc3)c(-c3ccccc3)n2)CC1. The first-order chi connectivity index (χ1) is 12.3. The van der Waals surface area contributed by atoms with Crippen molar-refractivity contribution in [3.05, 3.63) is 66.9 Å². The van der Waals surface area contributed by atoms with Crippen LogP contribution in [0.5, 0.6) is 0 Å². The van der Waals surface area contributed by atoms with Gasteiger partial charge in [-0.3, -0.25) is 4.98 Å². The van der Waals surface area contributed by atoms with Gasteiger partial charge in [0.1, 0.15) is 5.82 Å². The number of hydrogen-bond acceptors (Lipinski definition) is 4. The number of nitrogens with zero attached hydrogens (tertiary/aromatic N) is 4. The Morgan fingerprint density at radius 3 is 1.88 bits per heavy atom. The Balaban J connectivity index is 1.78. The molecule has 1 aliphatic rings. The molecule has 2 aromatic carbocycles. The van der Waals surface area contributed by atoms with Gasteiger partial charge in [0.15, 0.2) is 0 Å². The van der Waals surface area contributed by atoms with Crippen molar-refractivity contribution in [1.82, 2.24) is 14.9 Å². The summed E-state index contributed by atoms with van der Waals surface area (Å²) in [6.45, 7) is 4.10. The normalized spacial score (nSPS) is 15.3. The molecule has 0 unspecified atom stereocenters. The summed E-state index contributed by atoms with van der Waals surface area (Å²) in [5.41, 5.74) is 4.08. The third-order valence-electron chi connectivity index (χ3n) is 4.68. The van der Waals surface area contributed by atoms with Gasteiger partial charge in [0.05, 0.1) is 17.6 Å². The zero-order valence-corrected chi connectivity index (χ0v) is 14.5. The molecule has 1 fully saturated rings. The Morgan fingerprint density at radius 1 is 0.720 bits per heavy atom. The maximum absolute atomic E-state index is 5.01. The summed E-state index contributed by atoms with van der Waals surface area (Å²) in [6.07, 6.45) is 1.92. The fourth-order valence-corrected chi connectivity index (χ4v) is 3.17. The van der Waals surface area contributed by atoms with E-state index in [1.807, 2.05) is 42.6 Å². The van der Waals surface area contributed by atoms with Crippen molar-refractivity contribution in [3.63, 3.8) is 0 Å². The number of piperazine rings is 1. The molecule has 0 bridgehead atoms. The van der Waals surface area contributed by atoms with Crippen molar-refractivity contribution in [1.29, 1.82) is 0 Å². The van der Waals surface area contributed by atoms with E-state index in [2.05, 4.69) is 41.1 Å². The standard InChI is InChI=1S/C21H22N4/c1-24-12-14-25(15-13-24)19-16-22-20(17-8-4-2-5-9-17)21(23-19)18-10-6-3-7-11-18/h2-11,16H,12-15H2,1H3. The molecule has 25 heavy (non-hydrogen) atoms. The second-order valence-electron chi connectivity index (χ2n) is 6.45. The van der Waals surface area contributed by atoms with Gasteiger partial charge in [-0.15, -0.1) is 0 Å². The van der Waals surface area contributed by atoms with Gasteiger partial charge in [-0.05, 0) is 7.05 Å². The van der Waals surface area contributed by atoms with Crippen LogP contribution in [0.15, 0.2) is 66.9 Å². The lowest BCUT2D eigenvalue weighted by atomic mass is 10.0. The largest absolute Gasteiger partial charge is 0.353 e. The maximum atomic E-state index is 5.01. The lowest BCUT2D eigenvalue weighted by Gasteiger charge is -2.33. The molecular formula is C21H22N4. The molecule has 4 heteroatoms. The zero-order valence-electron chi connectivity index (χ0n) is 14.5. The van der Waals surface area contributed by atoms with Crippen molar-refractivity contribution < 1.29 is 0 Å². The molecule has 3 aromatic rings. The minimum absolute atomic E-state index is 0.935. The number of aromatic nitrogens is 2. The summed E-state index contributed by atoms with van der Waals surface area (Å²) in [5, 5.41) is 0. The first kappa shape index (κ1) is 15.8. The monoisotopic (exact) mass is 330 g/mol. The van der Waals surface area contributed by atoms with Crippen LogP contribution in [-0.2, 0) is 0 Å². The minimum atomic E-state index is 0.935. The first-order valence-corrected chi connectivity index (χ1v) is 8.72. The van der Waals surface area contributed by atoms with Crippen molar-refractivity contribution >= 4 is 5.82 Å². The number of hydrogen-bond donors (Lipinski definition) is 0. The van der Waals surface area contributed by atoms with Crippen LogP contribution in [0.1, 0.15) is 0 Å². The molecular weight excluding hydrogens is 308 g/mol. The second kappa shape index (κ2) is 7.03. The highest BCUT2D eigenvalue weighted by Crippen LogP contribution is 2.30. The van der Waals surface area contributed by atoms with Crippen LogP contribution in [-0.4, -0.2) is 48.1 Å². The summed E-state index contributed by atoms with van der Waals surface area (Å²) in [7, 11) is 2.16. The fourth-order valence-electron chi connectivity index (χ4n) is 3.17. The van der Waals surface area contributed by atoms with Crippen LogP contribution >= 0.6 is 0 Å². The topological polar surface area (TPSA) is 32.3 Å². The quantitative estimate of drug-likeness (QED) is 0.735. The highest BCUT2D eigenvalue weighted by atomic mass is 15.3. The molecule has 2 heterocycles.